The van der Waals surface area contributed by atoms with Gasteiger partial charge in [-0.3, -0.25) is 14.5 Å². The molecule has 2 aliphatic rings. The van der Waals surface area contributed by atoms with Gasteiger partial charge in [0.15, 0.2) is 0 Å². The number of hydrogen-bond donors (Lipinski definition) is 2. The average molecular weight is 509 g/mol. The predicted molar refractivity (Wildman–Crippen MR) is 130 cm³/mol. The molecule has 10 heteroatoms. The summed E-state index contributed by atoms with van der Waals surface area (Å²) < 4.78 is 41.5. The van der Waals surface area contributed by atoms with Crippen LogP contribution in [0.1, 0.15) is 64.6 Å². The van der Waals surface area contributed by atoms with Gasteiger partial charge < -0.3 is 15.5 Å². The van der Waals surface area contributed by atoms with Crippen LogP contribution in [0.25, 0.3) is 0 Å². The standard InChI is InChI=1S/C26H35F3N4O3/c1-6-32-20-14-33(19(13-16(4)5)23(34)30-12-11-15(2)3)24(35)21(20)22(31-25(32)36)17-9-7-8-10-18(17)26(27,28)29/h7-10,15-16,19,22H,6,11-14H2,1-5H3,(H,30,34)(H,31,36). The summed E-state index contributed by atoms with van der Waals surface area (Å²) in [5.41, 5.74) is -0.684. The summed E-state index contributed by atoms with van der Waals surface area (Å²) in [6, 6.07) is 2.29. The lowest BCUT2D eigenvalue weighted by atomic mass is 9.91. The molecule has 0 fully saturated rings. The summed E-state index contributed by atoms with van der Waals surface area (Å²) in [5.74, 6) is -0.358. The molecule has 2 aliphatic heterocycles. The van der Waals surface area contributed by atoms with Crippen LogP contribution >= 0.6 is 0 Å². The van der Waals surface area contributed by atoms with Gasteiger partial charge in [0.1, 0.15) is 6.04 Å². The molecule has 7 nitrogen and oxygen atoms in total. The minimum Gasteiger partial charge on any atom is -0.354 e. The Labute approximate surface area is 210 Å². The molecule has 2 atom stereocenters. The van der Waals surface area contributed by atoms with Gasteiger partial charge in [0.25, 0.3) is 5.91 Å². The van der Waals surface area contributed by atoms with Crippen molar-refractivity contribution in [3.8, 4) is 0 Å². The molecule has 2 N–H and O–H groups in total. The van der Waals surface area contributed by atoms with Crippen LogP contribution in [0.15, 0.2) is 35.5 Å². The molecule has 0 spiro atoms. The number of carbonyl (C=O) groups excluding carboxylic acids is 3. The third-order valence-corrected chi connectivity index (χ3v) is 6.54. The molecule has 1 aromatic rings. The van der Waals surface area contributed by atoms with Crippen LogP contribution in [0.2, 0.25) is 0 Å². The Morgan fingerprint density at radius 3 is 2.39 bits per heavy atom. The van der Waals surface area contributed by atoms with Crippen molar-refractivity contribution in [3.63, 3.8) is 0 Å². The maximum atomic E-state index is 13.8. The van der Waals surface area contributed by atoms with E-state index >= 15 is 0 Å². The summed E-state index contributed by atoms with van der Waals surface area (Å²) in [5, 5.41) is 5.51. The smallest absolute Gasteiger partial charge is 0.354 e. The fourth-order valence-electron chi connectivity index (χ4n) is 4.76. The molecule has 0 saturated carbocycles. The Morgan fingerprint density at radius 1 is 1.14 bits per heavy atom. The molecule has 1 aromatic carbocycles. The Hall–Kier alpha value is -3.04. The molecule has 198 valence electrons. The van der Waals surface area contributed by atoms with Crippen molar-refractivity contribution in [1.82, 2.24) is 20.4 Å². The second kappa shape index (κ2) is 10.9. The molecule has 4 amide bonds. The number of nitrogens with zero attached hydrogens (tertiary/aromatic N) is 2. The lowest BCUT2D eigenvalue weighted by molar-refractivity contribution is -0.139. The summed E-state index contributed by atoms with van der Waals surface area (Å²) in [4.78, 5) is 42.6. The first-order valence-electron chi connectivity index (χ1n) is 12.4. The van der Waals surface area contributed by atoms with Crippen molar-refractivity contribution in [2.24, 2.45) is 11.8 Å². The number of amides is 4. The first-order valence-corrected chi connectivity index (χ1v) is 12.4. The Kier molecular flexibility index (Phi) is 8.36. The second-order valence-electron chi connectivity index (χ2n) is 10.1. The second-order valence-corrected chi connectivity index (χ2v) is 10.1. The number of benzene rings is 1. The van der Waals surface area contributed by atoms with Crippen LogP contribution < -0.4 is 10.6 Å². The number of hydrogen-bond acceptors (Lipinski definition) is 3. The fourth-order valence-corrected chi connectivity index (χ4v) is 4.76. The van der Waals surface area contributed by atoms with Crippen molar-refractivity contribution in [2.75, 3.05) is 19.6 Å². The number of halogens is 3. The Bertz CT molecular complexity index is 1040. The minimum absolute atomic E-state index is 0.0188. The van der Waals surface area contributed by atoms with E-state index in [1.807, 2.05) is 27.7 Å². The van der Waals surface area contributed by atoms with Crippen molar-refractivity contribution < 1.29 is 27.6 Å². The molecular weight excluding hydrogens is 473 g/mol. The topological polar surface area (TPSA) is 81.8 Å². The fraction of sp³-hybridized carbons (Fsp3) is 0.577. The molecule has 0 bridgehead atoms. The largest absolute Gasteiger partial charge is 0.416 e. The van der Waals surface area contributed by atoms with Crippen molar-refractivity contribution >= 4 is 17.8 Å². The van der Waals surface area contributed by atoms with E-state index in [1.165, 1.54) is 28.0 Å². The molecule has 0 radical (unpaired) electrons. The molecule has 2 heterocycles. The van der Waals surface area contributed by atoms with Gasteiger partial charge in [-0.05, 0) is 43.2 Å². The van der Waals surface area contributed by atoms with Gasteiger partial charge in [0, 0.05) is 13.1 Å². The number of urea groups is 1. The third-order valence-electron chi connectivity index (χ3n) is 6.54. The molecule has 0 aromatic heterocycles. The van der Waals surface area contributed by atoms with Crippen LogP contribution in [0.4, 0.5) is 18.0 Å². The van der Waals surface area contributed by atoms with E-state index in [0.29, 0.717) is 24.6 Å². The van der Waals surface area contributed by atoms with E-state index in [4.69, 9.17) is 0 Å². The van der Waals surface area contributed by atoms with Crippen LogP contribution in [0.3, 0.4) is 0 Å². The van der Waals surface area contributed by atoms with Gasteiger partial charge in [0.2, 0.25) is 5.91 Å². The molecule has 3 rings (SSSR count). The molecule has 2 unspecified atom stereocenters. The number of rotatable bonds is 9. The zero-order chi connectivity index (χ0) is 26.8. The summed E-state index contributed by atoms with van der Waals surface area (Å²) in [6.45, 7) is 10.4. The Morgan fingerprint density at radius 2 is 1.81 bits per heavy atom. The molecule has 0 saturated heterocycles. The molecule has 0 aliphatic carbocycles. The first-order chi connectivity index (χ1) is 16.9. The van der Waals surface area contributed by atoms with Gasteiger partial charge in [-0.15, -0.1) is 0 Å². The SMILES string of the molecule is CCN1C(=O)NC(c2ccccc2C(F)(F)F)C2=C1CN(C(CC(C)C)C(=O)NCCC(C)C)C2=O. The Balaban J connectivity index is 2.02. The molecule has 36 heavy (non-hydrogen) atoms. The van der Waals surface area contributed by atoms with Gasteiger partial charge in [-0.2, -0.15) is 13.2 Å². The first kappa shape index (κ1) is 27.5. The van der Waals surface area contributed by atoms with E-state index in [2.05, 4.69) is 10.6 Å². The highest BCUT2D eigenvalue weighted by Crippen LogP contribution is 2.42. The zero-order valence-corrected chi connectivity index (χ0v) is 21.4. The van der Waals surface area contributed by atoms with Crippen molar-refractivity contribution in [2.45, 2.75) is 65.7 Å². The summed E-state index contributed by atoms with van der Waals surface area (Å²) in [7, 11) is 0. The minimum atomic E-state index is -4.66. The number of alkyl halides is 3. The number of carbonyl (C=O) groups is 3. The van der Waals surface area contributed by atoms with Crippen LogP contribution in [-0.4, -0.2) is 53.3 Å². The van der Waals surface area contributed by atoms with Gasteiger partial charge in [-0.1, -0.05) is 45.9 Å². The van der Waals surface area contributed by atoms with E-state index < -0.39 is 35.8 Å². The normalized spacial score (nSPS) is 19.2. The van der Waals surface area contributed by atoms with Gasteiger partial charge in [-0.25, -0.2) is 4.79 Å². The monoisotopic (exact) mass is 508 g/mol. The number of likely N-dealkylation sites (N-methyl/N-ethyl adjacent to an activating group) is 1. The average Bonchev–Trinajstić information content (AvgIpc) is 3.12. The van der Waals surface area contributed by atoms with Crippen LogP contribution in [0.5, 0.6) is 0 Å². The van der Waals surface area contributed by atoms with E-state index in [1.54, 1.807) is 6.92 Å². The lowest BCUT2D eigenvalue weighted by Gasteiger charge is -2.33. The van der Waals surface area contributed by atoms with Crippen molar-refractivity contribution in [1.29, 1.82) is 0 Å². The van der Waals surface area contributed by atoms with Crippen LogP contribution in [0, 0.1) is 11.8 Å². The van der Waals surface area contributed by atoms with Gasteiger partial charge >= 0.3 is 12.2 Å². The van der Waals surface area contributed by atoms with E-state index in [0.717, 1.165) is 12.5 Å². The van der Waals surface area contributed by atoms with E-state index in [-0.39, 0.29) is 36.1 Å². The highest BCUT2D eigenvalue weighted by Gasteiger charge is 2.48. The molecular formula is C26H35F3N4O3. The highest BCUT2D eigenvalue weighted by atomic mass is 19.4. The van der Waals surface area contributed by atoms with Gasteiger partial charge in [0.05, 0.1) is 29.4 Å². The summed E-state index contributed by atoms with van der Waals surface area (Å²) >= 11 is 0. The maximum absolute atomic E-state index is 13.8. The number of nitrogens with one attached hydrogen (secondary N) is 2. The quantitative estimate of drug-likeness (QED) is 0.517. The third kappa shape index (κ3) is 5.68. The predicted octanol–water partition coefficient (Wildman–Crippen LogP) is 4.46. The lowest BCUT2D eigenvalue weighted by Crippen LogP contribution is -2.49. The highest BCUT2D eigenvalue weighted by molar-refractivity contribution is 6.03. The maximum Gasteiger partial charge on any atom is 0.416 e. The van der Waals surface area contributed by atoms with Crippen LogP contribution in [-0.2, 0) is 15.8 Å². The van der Waals surface area contributed by atoms with Crippen molar-refractivity contribution in [3.05, 3.63) is 46.7 Å². The zero-order valence-electron chi connectivity index (χ0n) is 21.4. The summed E-state index contributed by atoms with van der Waals surface area (Å²) in [6.07, 6.45) is -3.50. The van der Waals surface area contributed by atoms with E-state index in [9.17, 15) is 27.6 Å².